The molecule has 0 fully saturated rings. The average molecular weight is 248 g/mol. The Bertz CT molecular complexity index is 520. The molecular weight excluding hydrogens is 238 g/mol. The summed E-state index contributed by atoms with van der Waals surface area (Å²) in [6.45, 7) is 0. The van der Waals surface area contributed by atoms with Crippen LogP contribution in [0.25, 0.3) is 0 Å². The molecule has 0 aromatic heterocycles. The van der Waals surface area contributed by atoms with Gasteiger partial charge in [-0.3, -0.25) is 4.79 Å². The Hall–Kier alpha value is -2.00. The van der Waals surface area contributed by atoms with Crippen molar-refractivity contribution in [2.75, 3.05) is 5.73 Å². The maximum atomic E-state index is 10.9. The summed E-state index contributed by atoms with van der Waals surface area (Å²) in [4.78, 5) is 10.9. The molecule has 2 rings (SSSR count). The molecule has 0 saturated heterocycles. The van der Waals surface area contributed by atoms with Gasteiger partial charge in [-0.25, -0.2) is 0 Å². The molecule has 17 heavy (non-hydrogen) atoms. The fourth-order valence-corrected chi connectivity index (χ4v) is 1.45. The van der Waals surface area contributed by atoms with Gasteiger partial charge in [-0.15, -0.1) is 0 Å². The Morgan fingerprint density at radius 3 is 1.88 bits per heavy atom. The van der Waals surface area contributed by atoms with Crippen molar-refractivity contribution in [1.29, 1.82) is 0 Å². The van der Waals surface area contributed by atoms with Crippen LogP contribution in [0.5, 0.6) is 11.5 Å². The maximum Gasteiger partial charge on any atom is 0.252 e. The number of ether oxygens (including phenoxy) is 1. The fraction of sp³-hybridized carbons (Fsp3) is 0. The first-order valence-electron chi connectivity index (χ1n) is 4.98. The van der Waals surface area contributed by atoms with E-state index in [0.29, 0.717) is 22.7 Å². The van der Waals surface area contributed by atoms with Crippen molar-refractivity contribution in [1.82, 2.24) is 0 Å². The highest BCUT2D eigenvalue weighted by atomic mass is 35.5. The quantitative estimate of drug-likeness (QED) is 0.668. The number of halogens is 1. The number of hydrogen-bond donors (Lipinski definition) is 1. The van der Waals surface area contributed by atoms with Crippen LogP contribution in [0.1, 0.15) is 10.4 Å². The SMILES string of the molecule is Nc1ccc(Oc2ccc(C(=O)Cl)cc2)cc1. The van der Waals surface area contributed by atoms with E-state index in [4.69, 9.17) is 22.1 Å². The van der Waals surface area contributed by atoms with Crippen LogP contribution in [0.15, 0.2) is 48.5 Å². The van der Waals surface area contributed by atoms with Crippen LogP contribution in [0.3, 0.4) is 0 Å². The van der Waals surface area contributed by atoms with E-state index < -0.39 is 5.24 Å². The van der Waals surface area contributed by atoms with Gasteiger partial charge in [0.15, 0.2) is 0 Å². The van der Waals surface area contributed by atoms with Gasteiger partial charge in [0.2, 0.25) is 0 Å². The summed E-state index contributed by atoms with van der Waals surface area (Å²) >= 11 is 5.34. The molecule has 0 radical (unpaired) electrons. The van der Waals surface area contributed by atoms with Crippen molar-refractivity contribution in [3.63, 3.8) is 0 Å². The molecule has 0 saturated carbocycles. The van der Waals surface area contributed by atoms with Gasteiger partial charge in [-0.1, -0.05) is 0 Å². The molecule has 0 bridgehead atoms. The highest BCUT2D eigenvalue weighted by Gasteiger charge is 2.02. The molecule has 0 heterocycles. The van der Waals surface area contributed by atoms with E-state index in [1.165, 1.54) is 0 Å². The lowest BCUT2D eigenvalue weighted by atomic mass is 10.2. The highest BCUT2D eigenvalue weighted by Crippen LogP contribution is 2.22. The van der Waals surface area contributed by atoms with Gasteiger partial charge in [-0.05, 0) is 60.1 Å². The Kier molecular flexibility index (Phi) is 3.30. The first-order valence-corrected chi connectivity index (χ1v) is 5.36. The average Bonchev–Trinajstić information content (AvgIpc) is 2.33. The van der Waals surface area contributed by atoms with E-state index in [2.05, 4.69) is 0 Å². The van der Waals surface area contributed by atoms with Gasteiger partial charge in [-0.2, -0.15) is 0 Å². The predicted octanol–water partition coefficient (Wildman–Crippen LogP) is 3.44. The molecule has 0 aliphatic rings. The van der Waals surface area contributed by atoms with Crippen molar-refractivity contribution >= 4 is 22.5 Å². The second-order valence-electron chi connectivity index (χ2n) is 3.47. The molecule has 0 amide bonds. The van der Waals surface area contributed by atoms with Crippen LogP contribution in [-0.4, -0.2) is 5.24 Å². The van der Waals surface area contributed by atoms with Crippen LogP contribution in [0, 0.1) is 0 Å². The van der Waals surface area contributed by atoms with E-state index >= 15 is 0 Å². The molecule has 4 heteroatoms. The van der Waals surface area contributed by atoms with Crippen LogP contribution in [-0.2, 0) is 0 Å². The summed E-state index contributed by atoms with van der Waals surface area (Å²) in [7, 11) is 0. The zero-order valence-electron chi connectivity index (χ0n) is 8.89. The topological polar surface area (TPSA) is 52.3 Å². The third kappa shape index (κ3) is 2.98. The van der Waals surface area contributed by atoms with Crippen molar-refractivity contribution in [2.45, 2.75) is 0 Å². The Balaban J connectivity index is 2.13. The smallest absolute Gasteiger partial charge is 0.252 e. The predicted molar refractivity (Wildman–Crippen MR) is 67.6 cm³/mol. The van der Waals surface area contributed by atoms with Crippen molar-refractivity contribution in [3.05, 3.63) is 54.1 Å². The summed E-state index contributed by atoms with van der Waals surface area (Å²) < 4.78 is 5.56. The summed E-state index contributed by atoms with van der Waals surface area (Å²) in [5.74, 6) is 1.32. The number of nitrogen functional groups attached to an aromatic ring is 1. The van der Waals surface area contributed by atoms with Gasteiger partial charge in [0.25, 0.3) is 5.24 Å². The zero-order chi connectivity index (χ0) is 12.3. The molecule has 0 aliphatic carbocycles. The second-order valence-corrected chi connectivity index (χ2v) is 3.81. The Morgan fingerprint density at radius 1 is 0.941 bits per heavy atom. The molecule has 2 aromatic carbocycles. The second kappa shape index (κ2) is 4.89. The summed E-state index contributed by atoms with van der Waals surface area (Å²) in [5, 5.41) is -0.482. The molecule has 3 nitrogen and oxygen atoms in total. The van der Waals surface area contributed by atoms with Gasteiger partial charge in [0.1, 0.15) is 11.5 Å². The minimum atomic E-state index is -0.482. The molecule has 0 unspecified atom stereocenters. The molecular formula is C13H10ClNO2. The van der Waals surface area contributed by atoms with Crippen LogP contribution in [0.2, 0.25) is 0 Å². The van der Waals surface area contributed by atoms with Gasteiger partial charge >= 0.3 is 0 Å². The van der Waals surface area contributed by atoms with E-state index in [1.807, 2.05) is 0 Å². The van der Waals surface area contributed by atoms with Crippen molar-refractivity contribution in [2.24, 2.45) is 0 Å². The normalized spacial score (nSPS) is 9.94. The van der Waals surface area contributed by atoms with E-state index in [9.17, 15) is 4.79 Å². The molecule has 0 spiro atoms. The van der Waals surface area contributed by atoms with Crippen LogP contribution >= 0.6 is 11.6 Å². The maximum absolute atomic E-state index is 10.9. The number of anilines is 1. The van der Waals surface area contributed by atoms with E-state index in [0.717, 1.165) is 0 Å². The first-order chi connectivity index (χ1) is 8.15. The summed E-state index contributed by atoms with van der Waals surface area (Å²) in [6.07, 6.45) is 0. The third-order valence-corrected chi connectivity index (χ3v) is 2.42. The fourth-order valence-electron chi connectivity index (χ4n) is 1.33. The minimum absolute atomic E-state index is 0.441. The Labute approximate surface area is 104 Å². The lowest BCUT2D eigenvalue weighted by Gasteiger charge is -2.05. The number of benzene rings is 2. The number of nitrogens with two attached hydrogens (primary N) is 1. The summed E-state index contributed by atoms with van der Waals surface area (Å²) in [5.41, 5.74) is 6.69. The lowest BCUT2D eigenvalue weighted by molar-refractivity contribution is 0.108. The number of carbonyl (C=O) groups excluding carboxylic acids is 1. The van der Waals surface area contributed by atoms with Crippen LogP contribution < -0.4 is 10.5 Å². The van der Waals surface area contributed by atoms with E-state index in [1.54, 1.807) is 48.5 Å². The minimum Gasteiger partial charge on any atom is -0.457 e. The molecule has 0 atom stereocenters. The third-order valence-electron chi connectivity index (χ3n) is 2.20. The highest BCUT2D eigenvalue weighted by molar-refractivity contribution is 6.67. The number of hydrogen-bond acceptors (Lipinski definition) is 3. The molecule has 2 aromatic rings. The number of rotatable bonds is 3. The van der Waals surface area contributed by atoms with Gasteiger partial charge in [0, 0.05) is 11.3 Å². The first kappa shape index (κ1) is 11.5. The largest absolute Gasteiger partial charge is 0.457 e. The zero-order valence-corrected chi connectivity index (χ0v) is 9.65. The van der Waals surface area contributed by atoms with Gasteiger partial charge < -0.3 is 10.5 Å². The van der Waals surface area contributed by atoms with Crippen molar-refractivity contribution in [3.8, 4) is 11.5 Å². The van der Waals surface area contributed by atoms with Crippen LogP contribution in [0.4, 0.5) is 5.69 Å². The summed E-state index contributed by atoms with van der Waals surface area (Å²) in [6, 6.07) is 13.7. The van der Waals surface area contributed by atoms with E-state index in [-0.39, 0.29) is 0 Å². The van der Waals surface area contributed by atoms with Gasteiger partial charge in [0.05, 0.1) is 0 Å². The standard InChI is InChI=1S/C13H10ClNO2/c14-13(16)9-1-5-11(6-2-9)17-12-7-3-10(15)4-8-12/h1-8H,15H2. The monoisotopic (exact) mass is 247 g/mol. The molecule has 0 aliphatic heterocycles. The lowest BCUT2D eigenvalue weighted by Crippen LogP contribution is -1.89. The Morgan fingerprint density at radius 2 is 1.41 bits per heavy atom. The molecule has 86 valence electrons. The molecule has 2 N–H and O–H groups in total. The van der Waals surface area contributed by atoms with Crippen molar-refractivity contribution < 1.29 is 9.53 Å². The number of carbonyl (C=O) groups is 1.